The Morgan fingerprint density at radius 3 is 2.00 bits per heavy atom. The predicted octanol–water partition coefficient (Wildman–Crippen LogP) is 5.17. The highest BCUT2D eigenvalue weighted by Crippen LogP contribution is 2.30. The van der Waals surface area contributed by atoms with Crippen LogP contribution in [0.25, 0.3) is 16.8 Å². The Morgan fingerprint density at radius 1 is 0.875 bits per heavy atom. The first-order valence-electron chi connectivity index (χ1n) is 5.42. The average molecular weight is 322 g/mol. The Hall–Kier alpha value is -0.830. The van der Waals surface area contributed by atoms with E-state index >= 15 is 0 Å². The first-order valence-corrected chi connectivity index (χ1v) is 6.66. The molecule has 0 atom stereocenters. The van der Waals surface area contributed by atoms with Crippen LogP contribution < -0.4 is 0 Å². The zero-order valence-corrected chi connectivity index (χ0v) is 12.0. The van der Waals surface area contributed by atoms with Crippen molar-refractivity contribution >= 4 is 39.4 Å². The van der Waals surface area contributed by atoms with Crippen LogP contribution in [-0.2, 0) is 0 Å². The van der Waals surface area contributed by atoms with Crippen LogP contribution in [0.15, 0.2) is 28.3 Å². The van der Waals surface area contributed by atoms with E-state index in [-0.39, 0.29) is 0 Å². The van der Waals surface area contributed by atoms with Gasteiger partial charge in [0.1, 0.15) is 0 Å². The van der Waals surface area contributed by atoms with Gasteiger partial charge >= 0.3 is 0 Å². The van der Waals surface area contributed by atoms with Crippen molar-refractivity contribution in [3.05, 3.63) is 50.6 Å². The van der Waals surface area contributed by atoms with Crippen molar-refractivity contribution < 1.29 is 0 Å². The Kier molecular flexibility index (Phi) is 3.33. The van der Waals surface area contributed by atoms with Gasteiger partial charge in [-0.2, -0.15) is 0 Å². The number of rotatable bonds is 1. The van der Waals surface area contributed by atoms with E-state index in [1.165, 1.54) is 33.0 Å². The van der Waals surface area contributed by atoms with Crippen molar-refractivity contribution in [1.82, 2.24) is 0 Å². The molecule has 0 aliphatic rings. The van der Waals surface area contributed by atoms with Crippen molar-refractivity contribution in [3.8, 4) is 0 Å². The van der Waals surface area contributed by atoms with E-state index in [1.54, 1.807) is 0 Å². The number of aryl methyl sites for hydroxylation is 2. The minimum Gasteiger partial charge on any atom is -0.0616 e. The smallest absolute Gasteiger partial charge is 0.0146 e. The number of hydrogen-bond acceptors (Lipinski definition) is 0. The first-order chi connectivity index (χ1) is 7.66. The number of benzene rings is 2. The summed E-state index contributed by atoms with van der Waals surface area (Å²) in [4.78, 5) is 0. The van der Waals surface area contributed by atoms with Crippen molar-refractivity contribution in [2.24, 2.45) is 0 Å². The molecule has 0 nitrogen and oxygen atoms in total. The molecule has 0 fully saturated rings. The molecule has 0 aliphatic carbocycles. The first kappa shape index (κ1) is 11.6. The summed E-state index contributed by atoms with van der Waals surface area (Å²) in [6.45, 7) is 6.63. The van der Waals surface area contributed by atoms with E-state index in [9.17, 15) is 0 Å². The fourth-order valence-electron chi connectivity index (χ4n) is 2.28. The summed E-state index contributed by atoms with van der Waals surface area (Å²) in [6.07, 6.45) is 2.20. The number of halogens is 1. The lowest BCUT2D eigenvalue weighted by Crippen LogP contribution is -1.93. The molecule has 0 aliphatic heterocycles. The Balaban J connectivity index is 2.94. The molecule has 0 amide bonds. The molecule has 2 rings (SSSR count). The third-order valence-corrected chi connectivity index (χ3v) is 3.69. The SMILES string of the molecule is Cc1c(C=CI)c(C)c2ccccc2c1C. The van der Waals surface area contributed by atoms with Crippen LogP contribution in [0.3, 0.4) is 0 Å². The van der Waals surface area contributed by atoms with Crippen molar-refractivity contribution in [1.29, 1.82) is 0 Å². The van der Waals surface area contributed by atoms with Crippen molar-refractivity contribution in [2.75, 3.05) is 0 Å². The highest BCUT2D eigenvalue weighted by atomic mass is 127. The summed E-state index contributed by atoms with van der Waals surface area (Å²) in [5, 5.41) is 2.75. The maximum Gasteiger partial charge on any atom is -0.0146 e. The zero-order chi connectivity index (χ0) is 11.7. The molecule has 0 bridgehead atoms. The lowest BCUT2D eigenvalue weighted by molar-refractivity contribution is 1.32. The van der Waals surface area contributed by atoms with Crippen LogP contribution in [-0.4, -0.2) is 0 Å². The second kappa shape index (κ2) is 4.58. The van der Waals surface area contributed by atoms with Gasteiger partial charge in [0.15, 0.2) is 0 Å². The van der Waals surface area contributed by atoms with Gasteiger partial charge in [0.25, 0.3) is 0 Å². The fourth-order valence-corrected chi connectivity index (χ4v) is 2.64. The molecule has 0 N–H and O–H groups in total. The number of fused-ring (bicyclic) bond motifs is 1. The van der Waals surface area contributed by atoms with Crippen molar-refractivity contribution in [2.45, 2.75) is 20.8 Å². The van der Waals surface area contributed by atoms with E-state index in [4.69, 9.17) is 0 Å². The summed E-state index contributed by atoms with van der Waals surface area (Å²) >= 11 is 2.28. The van der Waals surface area contributed by atoms with Gasteiger partial charge < -0.3 is 0 Å². The normalized spacial score (nSPS) is 11.5. The largest absolute Gasteiger partial charge is 0.0616 e. The molecule has 2 aromatic rings. The van der Waals surface area contributed by atoms with Gasteiger partial charge in [0.2, 0.25) is 0 Å². The fraction of sp³-hybridized carbons (Fsp3) is 0.200. The van der Waals surface area contributed by atoms with Crippen molar-refractivity contribution in [3.63, 3.8) is 0 Å². The predicted molar refractivity (Wildman–Crippen MR) is 81.2 cm³/mol. The van der Waals surface area contributed by atoms with Crippen LogP contribution in [0.5, 0.6) is 0 Å². The minimum atomic E-state index is 1.37. The molecule has 0 heterocycles. The summed E-state index contributed by atoms with van der Waals surface area (Å²) in [5.74, 6) is 0. The maximum atomic E-state index is 2.28. The Labute approximate surface area is 111 Å². The monoisotopic (exact) mass is 322 g/mol. The second-order valence-electron chi connectivity index (χ2n) is 4.13. The highest BCUT2D eigenvalue weighted by Gasteiger charge is 2.08. The van der Waals surface area contributed by atoms with Gasteiger partial charge in [-0.3, -0.25) is 0 Å². The third-order valence-electron chi connectivity index (χ3n) is 3.34. The molecule has 0 spiro atoms. The number of hydrogen-bond donors (Lipinski definition) is 0. The molecular formula is C15H15I. The average Bonchev–Trinajstić information content (AvgIpc) is 2.32. The standard InChI is InChI=1S/C15H15I/c1-10-11(2)14-6-4-5-7-15(14)12(3)13(10)8-9-16/h4-9H,1-3H3. The van der Waals surface area contributed by atoms with Crippen LogP contribution >= 0.6 is 22.6 Å². The lowest BCUT2D eigenvalue weighted by Gasteiger charge is -2.14. The summed E-state index contributed by atoms with van der Waals surface area (Å²) in [5.41, 5.74) is 5.53. The summed E-state index contributed by atoms with van der Waals surface area (Å²) < 4.78 is 2.08. The van der Waals surface area contributed by atoms with E-state index in [0.717, 1.165) is 0 Å². The van der Waals surface area contributed by atoms with E-state index in [0.29, 0.717) is 0 Å². The maximum absolute atomic E-state index is 2.28. The Morgan fingerprint density at radius 2 is 1.44 bits per heavy atom. The molecule has 1 heteroatoms. The zero-order valence-electron chi connectivity index (χ0n) is 9.84. The molecule has 0 aromatic heterocycles. The summed E-state index contributed by atoms with van der Waals surface area (Å²) in [6, 6.07) is 8.65. The summed E-state index contributed by atoms with van der Waals surface area (Å²) in [7, 11) is 0. The quantitative estimate of drug-likeness (QED) is 0.635. The highest BCUT2D eigenvalue weighted by molar-refractivity contribution is 14.1. The second-order valence-corrected chi connectivity index (χ2v) is 4.85. The molecule has 0 saturated heterocycles. The van der Waals surface area contributed by atoms with Gasteiger partial charge in [-0.25, -0.2) is 0 Å². The van der Waals surface area contributed by atoms with Crippen LogP contribution in [0, 0.1) is 20.8 Å². The van der Waals surface area contributed by atoms with Crippen LogP contribution in [0.1, 0.15) is 22.3 Å². The molecule has 16 heavy (non-hydrogen) atoms. The van der Waals surface area contributed by atoms with Gasteiger partial charge in [-0.1, -0.05) is 46.9 Å². The lowest BCUT2D eigenvalue weighted by atomic mass is 9.91. The van der Waals surface area contributed by atoms with Gasteiger partial charge in [-0.05, 0) is 64.0 Å². The van der Waals surface area contributed by atoms with Gasteiger partial charge in [0.05, 0.1) is 0 Å². The van der Waals surface area contributed by atoms with E-state index in [2.05, 4.69) is 77.8 Å². The van der Waals surface area contributed by atoms with Crippen LogP contribution in [0.4, 0.5) is 0 Å². The van der Waals surface area contributed by atoms with Crippen LogP contribution in [0.2, 0.25) is 0 Å². The minimum absolute atomic E-state index is 1.37. The molecular weight excluding hydrogens is 307 g/mol. The van der Waals surface area contributed by atoms with Gasteiger partial charge in [-0.15, -0.1) is 0 Å². The van der Waals surface area contributed by atoms with E-state index < -0.39 is 0 Å². The molecule has 0 radical (unpaired) electrons. The Bertz CT molecular complexity index is 565. The van der Waals surface area contributed by atoms with E-state index in [1.807, 2.05) is 0 Å². The molecule has 2 aromatic carbocycles. The topological polar surface area (TPSA) is 0 Å². The molecule has 82 valence electrons. The third kappa shape index (κ3) is 1.77. The van der Waals surface area contributed by atoms with Gasteiger partial charge in [0, 0.05) is 0 Å². The molecule has 0 unspecified atom stereocenters. The molecule has 0 saturated carbocycles.